The maximum atomic E-state index is 12.8. The number of halogens is 1. The Hall–Kier alpha value is -2.44. The quantitative estimate of drug-likeness (QED) is 0.327. The molecule has 1 fully saturated rings. The third-order valence-corrected chi connectivity index (χ3v) is 5.05. The number of carbonyl (C=O) groups excluding carboxylic acids is 2. The largest absolute Gasteiger partial charge is 0.507 e. The summed E-state index contributed by atoms with van der Waals surface area (Å²) >= 11 is 3.40. The van der Waals surface area contributed by atoms with Crippen LogP contribution in [0.2, 0.25) is 0 Å². The smallest absolute Gasteiger partial charge is 0.295 e. The molecule has 1 N–H and O–H groups in total. The first kappa shape index (κ1) is 19.3. The van der Waals surface area contributed by atoms with Crippen LogP contribution < -0.4 is 0 Å². The monoisotopic (exact) mass is 429 g/mol. The molecule has 1 aliphatic rings. The molecule has 2 aromatic carbocycles. The van der Waals surface area contributed by atoms with Crippen molar-refractivity contribution in [3.63, 3.8) is 0 Å². The number of hydrogen-bond acceptors (Lipinski definition) is 4. The molecule has 0 aromatic heterocycles. The number of benzene rings is 2. The zero-order valence-electron chi connectivity index (χ0n) is 14.9. The number of carbonyl (C=O) groups is 2. The van der Waals surface area contributed by atoms with Crippen molar-refractivity contribution >= 4 is 33.4 Å². The lowest BCUT2D eigenvalue weighted by atomic mass is 9.95. The lowest BCUT2D eigenvalue weighted by molar-refractivity contribution is -0.140. The van der Waals surface area contributed by atoms with Gasteiger partial charge in [-0.05, 0) is 24.1 Å². The first-order valence-electron chi connectivity index (χ1n) is 8.63. The number of Topliss-reactive ketones (excluding diaryl/α,β-unsaturated/α-hetero) is 1. The minimum Gasteiger partial charge on any atom is -0.507 e. The molecule has 27 heavy (non-hydrogen) atoms. The summed E-state index contributed by atoms with van der Waals surface area (Å²) in [4.78, 5) is 27.0. The van der Waals surface area contributed by atoms with Gasteiger partial charge in [-0.1, -0.05) is 58.4 Å². The highest BCUT2D eigenvalue weighted by Gasteiger charge is 2.45. The number of ketones is 1. The van der Waals surface area contributed by atoms with E-state index in [1.807, 2.05) is 30.3 Å². The Morgan fingerprint density at radius 1 is 1.11 bits per heavy atom. The molecule has 0 radical (unpaired) electrons. The highest BCUT2D eigenvalue weighted by molar-refractivity contribution is 9.10. The Morgan fingerprint density at radius 2 is 1.78 bits per heavy atom. The molecule has 1 heterocycles. The standard InChI is InChI=1S/C21H20BrNO4/c1-27-13-5-12-23-18(14-8-10-16(22)11-9-14)17(20(25)21(23)26)19(24)15-6-3-2-4-7-15/h2-4,6-11,18,24H,5,12-13H2,1H3/b19-17-. The highest BCUT2D eigenvalue weighted by atomic mass is 79.9. The van der Waals surface area contributed by atoms with E-state index in [4.69, 9.17) is 4.74 Å². The number of hydrogen-bond donors (Lipinski definition) is 1. The Labute approximate surface area is 166 Å². The van der Waals surface area contributed by atoms with Crippen LogP contribution in [0.3, 0.4) is 0 Å². The van der Waals surface area contributed by atoms with Crippen molar-refractivity contribution in [1.82, 2.24) is 4.90 Å². The summed E-state index contributed by atoms with van der Waals surface area (Å²) in [5.74, 6) is -1.42. The van der Waals surface area contributed by atoms with Gasteiger partial charge in [0.1, 0.15) is 5.76 Å². The van der Waals surface area contributed by atoms with Gasteiger partial charge in [0.2, 0.25) is 0 Å². The van der Waals surface area contributed by atoms with Gasteiger partial charge in [0.05, 0.1) is 11.6 Å². The zero-order valence-corrected chi connectivity index (χ0v) is 16.5. The van der Waals surface area contributed by atoms with Crippen LogP contribution in [-0.2, 0) is 14.3 Å². The second kappa shape index (κ2) is 8.50. The topological polar surface area (TPSA) is 66.8 Å². The van der Waals surface area contributed by atoms with Crippen LogP contribution in [0.1, 0.15) is 23.6 Å². The van der Waals surface area contributed by atoms with E-state index in [1.165, 1.54) is 4.90 Å². The number of rotatable bonds is 6. The maximum Gasteiger partial charge on any atom is 0.295 e. The fourth-order valence-corrected chi connectivity index (χ4v) is 3.50. The summed E-state index contributed by atoms with van der Waals surface area (Å²) in [7, 11) is 1.59. The molecule has 1 aliphatic heterocycles. The number of ether oxygens (including phenoxy) is 1. The van der Waals surface area contributed by atoms with Crippen LogP contribution in [0.5, 0.6) is 0 Å². The molecule has 3 rings (SSSR count). The fourth-order valence-electron chi connectivity index (χ4n) is 3.23. The summed E-state index contributed by atoms with van der Waals surface area (Å²) < 4.78 is 5.97. The summed E-state index contributed by atoms with van der Waals surface area (Å²) in [6.45, 7) is 0.847. The molecule has 1 atom stereocenters. The minimum atomic E-state index is -0.665. The number of likely N-dealkylation sites (tertiary alicyclic amines) is 1. The molecule has 0 aliphatic carbocycles. The van der Waals surface area contributed by atoms with E-state index in [2.05, 4.69) is 15.9 Å². The number of methoxy groups -OCH3 is 1. The molecule has 1 saturated heterocycles. The normalized spacial score (nSPS) is 18.9. The van der Waals surface area contributed by atoms with Crippen LogP contribution in [0.4, 0.5) is 0 Å². The summed E-state index contributed by atoms with van der Waals surface area (Å²) in [6.07, 6.45) is 0.599. The molecule has 0 saturated carbocycles. The van der Waals surface area contributed by atoms with Crippen molar-refractivity contribution in [3.8, 4) is 0 Å². The first-order valence-corrected chi connectivity index (χ1v) is 9.42. The lowest BCUT2D eigenvalue weighted by Gasteiger charge is -2.25. The van der Waals surface area contributed by atoms with Gasteiger partial charge >= 0.3 is 0 Å². The Morgan fingerprint density at radius 3 is 2.41 bits per heavy atom. The lowest BCUT2D eigenvalue weighted by Crippen LogP contribution is -2.31. The molecule has 140 valence electrons. The molecular formula is C21H20BrNO4. The van der Waals surface area contributed by atoms with E-state index in [0.29, 0.717) is 25.1 Å². The average molecular weight is 430 g/mol. The second-order valence-electron chi connectivity index (χ2n) is 6.26. The van der Waals surface area contributed by atoms with E-state index >= 15 is 0 Å². The van der Waals surface area contributed by atoms with Crippen LogP contribution in [0.15, 0.2) is 64.6 Å². The Balaban J connectivity index is 2.10. The average Bonchev–Trinajstić information content (AvgIpc) is 2.94. The van der Waals surface area contributed by atoms with Gasteiger partial charge in [0, 0.05) is 30.3 Å². The van der Waals surface area contributed by atoms with Crippen molar-refractivity contribution in [1.29, 1.82) is 0 Å². The van der Waals surface area contributed by atoms with Crippen molar-refractivity contribution in [2.75, 3.05) is 20.3 Å². The van der Waals surface area contributed by atoms with E-state index in [9.17, 15) is 14.7 Å². The molecule has 1 amide bonds. The van der Waals surface area contributed by atoms with E-state index < -0.39 is 17.7 Å². The van der Waals surface area contributed by atoms with Crippen molar-refractivity contribution in [2.45, 2.75) is 12.5 Å². The molecule has 5 nitrogen and oxygen atoms in total. The predicted octanol–water partition coefficient (Wildman–Crippen LogP) is 3.91. The van der Waals surface area contributed by atoms with Crippen LogP contribution in [0, 0.1) is 0 Å². The Bertz CT molecular complexity index is 862. The zero-order chi connectivity index (χ0) is 19.4. The molecular weight excluding hydrogens is 410 g/mol. The van der Waals surface area contributed by atoms with Gasteiger partial charge in [-0.25, -0.2) is 0 Å². The third-order valence-electron chi connectivity index (χ3n) is 4.52. The van der Waals surface area contributed by atoms with E-state index in [1.54, 1.807) is 31.4 Å². The molecule has 0 bridgehead atoms. The Kier molecular flexibility index (Phi) is 6.08. The van der Waals surface area contributed by atoms with Crippen molar-refractivity contribution < 1.29 is 19.4 Å². The van der Waals surface area contributed by atoms with Gasteiger partial charge in [-0.15, -0.1) is 0 Å². The van der Waals surface area contributed by atoms with Gasteiger partial charge in [-0.3, -0.25) is 9.59 Å². The summed E-state index contributed by atoms with van der Waals surface area (Å²) in [6, 6.07) is 15.6. The van der Waals surface area contributed by atoms with Gasteiger partial charge in [0.15, 0.2) is 0 Å². The minimum absolute atomic E-state index is 0.117. The van der Waals surface area contributed by atoms with Crippen molar-refractivity contribution in [2.24, 2.45) is 0 Å². The fraction of sp³-hybridized carbons (Fsp3) is 0.238. The van der Waals surface area contributed by atoms with Gasteiger partial charge in [-0.2, -0.15) is 0 Å². The predicted molar refractivity (Wildman–Crippen MR) is 106 cm³/mol. The van der Waals surface area contributed by atoms with Gasteiger partial charge in [0.25, 0.3) is 11.7 Å². The number of amides is 1. The summed E-state index contributed by atoms with van der Waals surface area (Å²) in [5, 5.41) is 10.8. The second-order valence-corrected chi connectivity index (χ2v) is 7.17. The summed E-state index contributed by atoms with van der Waals surface area (Å²) in [5.41, 5.74) is 1.40. The highest BCUT2D eigenvalue weighted by Crippen LogP contribution is 2.39. The molecule has 2 aromatic rings. The third kappa shape index (κ3) is 3.96. The SMILES string of the molecule is COCCCN1C(=O)C(=O)/C(=C(\O)c2ccccc2)C1c1ccc(Br)cc1. The number of aliphatic hydroxyl groups excluding tert-OH is 1. The first-order chi connectivity index (χ1) is 13.0. The van der Waals surface area contributed by atoms with Crippen LogP contribution in [-0.4, -0.2) is 42.0 Å². The molecule has 6 heteroatoms. The van der Waals surface area contributed by atoms with E-state index in [0.717, 1.165) is 10.0 Å². The molecule has 1 unspecified atom stereocenters. The van der Waals surface area contributed by atoms with Crippen LogP contribution >= 0.6 is 15.9 Å². The van der Waals surface area contributed by atoms with Crippen LogP contribution in [0.25, 0.3) is 5.76 Å². The van der Waals surface area contributed by atoms with Crippen molar-refractivity contribution in [3.05, 3.63) is 75.8 Å². The number of aliphatic hydroxyl groups is 1. The number of nitrogens with zero attached hydrogens (tertiary/aromatic N) is 1. The van der Waals surface area contributed by atoms with Gasteiger partial charge < -0.3 is 14.7 Å². The molecule has 0 spiro atoms. The van der Waals surface area contributed by atoms with E-state index in [-0.39, 0.29) is 11.3 Å². The maximum absolute atomic E-state index is 12.8.